The van der Waals surface area contributed by atoms with Gasteiger partial charge in [-0.3, -0.25) is 4.68 Å². The third-order valence-electron chi connectivity index (χ3n) is 3.16. The number of hydrogen-bond acceptors (Lipinski definition) is 3. The van der Waals surface area contributed by atoms with Crippen LogP contribution in [0.3, 0.4) is 0 Å². The summed E-state index contributed by atoms with van der Waals surface area (Å²) in [5, 5.41) is 4.82. The van der Waals surface area contributed by atoms with Gasteiger partial charge in [0.1, 0.15) is 16.7 Å². The molecule has 0 fully saturated rings. The Hall–Kier alpha value is -1.42. The van der Waals surface area contributed by atoms with Gasteiger partial charge in [-0.25, -0.2) is 9.97 Å². The Labute approximate surface area is 104 Å². The maximum absolute atomic E-state index is 5.86. The van der Waals surface area contributed by atoms with Crippen molar-refractivity contribution in [1.82, 2.24) is 19.7 Å². The van der Waals surface area contributed by atoms with Crippen molar-refractivity contribution < 1.29 is 0 Å². The van der Waals surface area contributed by atoms with Crippen molar-refractivity contribution in [2.45, 2.75) is 25.7 Å². The molecule has 4 nitrogen and oxygen atoms in total. The fourth-order valence-corrected chi connectivity index (χ4v) is 2.42. The molecule has 0 amide bonds. The highest BCUT2D eigenvalue weighted by atomic mass is 35.5. The zero-order valence-electron chi connectivity index (χ0n) is 9.65. The Morgan fingerprint density at radius 2 is 2.24 bits per heavy atom. The van der Waals surface area contributed by atoms with Crippen LogP contribution in [-0.2, 0) is 7.05 Å². The molecule has 0 saturated heterocycles. The van der Waals surface area contributed by atoms with Crippen LogP contribution in [0, 0.1) is 0 Å². The van der Waals surface area contributed by atoms with Crippen molar-refractivity contribution in [3.05, 3.63) is 23.3 Å². The molecule has 17 heavy (non-hydrogen) atoms. The predicted molar refractivity (Wildman–Crippen MR) is 67.8 cm³/mol. The Morgan fingerprint density at radius 3 is 3.00 bits per heavy atom. The minimum absolute atomic E-state index is 0.281. The van der Waals surface area contributed by atoms with Gasteiger partial charge in [-0.2, -0.15) is 5.10 Å². The first-order chi connectivity index (χ1) is 8.25. The Morgan fingerprint density at radius 1 is 1.35 bits per heavy atom. The first-order valence-electron chi connectivity index (χ1n) is 5.80. The third kappa shape index (κ3) is 1.82. The molecule has 0 saturated carbocycles. The molecule has 3 rings (SSSR count). The van der Waals surface area contributed by atoms with Gasteiger partial charge >= 0.3 is 0 Å². The molecule has 2 aromatic heterocycles. The van der Waals surface area contributed by atoms with Crippen molar-refractivity contribution in [3.63, 3.8) is 0 Å². The first kappa shape index (κ1) is 10.7. The number of hydrogen-bond donors (Lipinski definition) is 0. The second-order valence-electron chi connectivity index (χ2n) is 4.32. The minimum atomic E-state index is 0.281. The van der Waals surface area contributed by atoms with Crippen molar-refractivity contribution >= 4 is 28.2 Å². The molecule has 0 radical (unpaired) electrons. The SMILES string of the molecule is Cn1nc(C2=CCCCC2)c2nc(Cl)ncc21. The predicted octanol–water partition coefficient (Wildman–Crippen LogP) is 2.97. The summed E-state index contributed by atoms with van der Waals surface area (Å²) in [6, 6.07) is 0. The highest BCUT2D eigenvalue weighted by Crippen LogP contribution is 2.30. The smallest absolute Gasteiger partial charge is 0.223 e. The van der Waals surface area contributed by atoms with Crippen LogP contribution in [0.5, 0.6) is 0 Å². The van der Waals surface area contributed by atoms with E-state index in [4.69, 9.17) is 11.6 Å². The lowest BCUT2D eigenvalue weighted by Gasteiger charge is -2.09. The van der Waals surface area contributed by atoms with Crippen molar-refractivity contribution in [1.29, 1.82) is 0 Å². The minimum Gasteiger partial charge on any atom is -0.264 e. The summed E-state index contributed by atoms with van der Waals surface area (Å²) in [7, 11) is 1.91. The molecule has 0 spiro atoms. The molecule has 2 heterocycles. The van der Waals surface area contributed by atoms with E-state index in [2.05, 4.69) is 21.1 Å². The average molecular weight is 249 g/mol. The molecule has 88 valence electrons. The lowest BCUT2D eigenvalue weighted by molar-refractivity contribution is 0.732. The third-order valence-corrected chi connectivity index (χ3v) is 3.34. The van der Waals surface area contributed by atoms with Crippen LogP contribution in [0.2, 0.25) is 5.28 Å². The summed E-state index contributed by atoms with van der Waals surface area (Å²) in [4.78, 5) is 8.30. The van der Waals surface area contributed by atoms with E-state index in [1.165, 1.54) is 18.4 Å². The summed E-state index contributed by atoms with van der Waals surface area (Å²) in [6.45, 7) is 0. The van der Waals surface area contributed by atoms with Gasteiger partial charge in [0.05, 0.1) is 6.20 Å². The van der Waals surface area contributed by atoms with E-state index in [0.717, 1.165) is 29.6 Å². The number of aryl methyl sites for hydroxylation is 1. The molecule has 5 heteroatoms. The van der Waals surface area contributed by atoms with Gasteiger partial charge in [-0.1, -0.05) is 6.08 Å². The van der Waals surface area contributed by atoms with Gasteiger partial charge in [0.15, 0.2) is 0 Å². The van der Waals surface area contributed by atoms with E-state index < -0.39 is 0 Å². The zero-order chi connectivity index (χ0) is 11.8. The summed E-state index contributed by atoms with van der Waals surface area (Å²) >= 11 is 5.86. The summed E-state index contributed by atoms with van der Waals surface area (Å²) < 4.78 is 1.82. The number of allylic oxidation sites excluding steroid dienone is 2. The molecule has 0 bridgehead atoms. The lowest BCUT2D eigenvalue weighted by Crippen LogP contribution is -1.95. The summed E-state index contributed by atoms with van der Waals surface area (Å²) in [5.74, 6) is 0. The molecular weight excluding hydrogens is 236 g/mol. The van der Waals surface area contributed by atoms with Gasteiger partial charge in [-0.15, -0.1) is 0 Å². The molecule has 0 N–H and O–H groups in total. The van der Waals surface area contributed by atoms with Crippen LogP contribution in [0.25, 0.3) is 16.6 Å². The number of fused-ring (bicyclic) bond motifs is 1. The molecule has 0 atom stereocenters. The van der Waals surface area contributed by atoms with Gasteiger partial charge < -0.3 is 0 Å². The van der Waals surface area contributed by atoms with E-state index in [1.807, 2.05) is 11.7 Å². The van der Waals surface area contributed by atoms with Gasteiger partial charge in [0.2, 0.25) is 5.28 Å². The normalized spacial score (nSPS) is 16.2. The van der Waals surface area contributed by atoms with Gasteiger partial charge in [0.25, 0.3) is 0 Å². The molecule has 0 aliphatic heterocycles. The molecule has 0 aromatic carbocycles. The number of aromatic nitrogens is 4. The summed E-state index contributed by atoms with van der Waals surface area (Å²) in [5.41, 5.74) is 4.04. The van der Waals surface area contributed by atoms with Crippen molar-refractivity contribution in [2.24, 2.45) is 7.05 Å². The monoisotopic (exact) mass is 248 g/mol. The Kier molecular flexibility index (Phi) is 2.59. The van der Waals surface area contributed by atoms with E-state index in [1.54, 1.807) is 6.20 Å². The van der Waals surface area contributed by atoms with E-state index in [-0.39, 0.29) is 5.28 Å². The lowest BCUT2D eigenvalue weighted by atomic mass is 9.97. The molecule has 2 aromatic rings. The van der Waals surface area contributed by atoms with E-state index >= 15 is 0 Å². The van der Waals surface area contributed by atoms with E-state index in [9.17, 15) is 0 Å². The zero-order valence-corrected chi connectivity index (χ0v) is 10.4. The van der Waals surface area contributed by atoms with Crippen LogP contribution < -0.4 is 0 Å². The van der Waals surface area contributed by atoms with Gasteiger partial charge in [0, 0.05) is 7.05 Å². The maximum atomic E-state index is 5.86. The van der Waals surface area contributed by atoms with E-state index in [0.29, 0.717) is 0 Å². The Bertz CT molecular complexity index is 600. The van der Waals surface area contributed by atoms with Crippen molar-refractivity contribution in [3.8, 4) is 0 Å². The van der Waals surface area contributed by atoms with Crippen molar-refractivity contribution in [2.75, 3.05) is 0 Å². The largest absolute Gasteiger partial charge is 0.264 e. The van der Waals surface area contributed by atoms with Crippen LogP contribution in [0.15, 0.2) is 12.3 Å². The standard InChI is InChI=1S/C12H13ClN4/c1-17-9-7-14-12(13)15-11(9)10(16-17)8-5-3-2-4-6-8/h5,7H,2-4,6H2,1H3. The average Bonchev–Trinajstić information content (AvgIpc) is 2.67. The topological polar surface area (TPSA) is 43.6 Å². The number of nitrogens with zero attached hydrogens (tertiary/aromatic N) is 4. The van der Waals surface area contributed by atoms with Crippen LogP contribution >= 0.6 is 11.6 Å². The molecule has 1 aliphatic rings. The fourth-order valence-electron chi connectivity index (χ4n) is 2.29. The molecule has 0 unspecified atom stereocenters. The second-order valence-corrected chi connectivity index (χ2v) is 4.66. The Balaban J connectivity index is 2.22. The molecule has 1 aliphatic carbocycles. The first-order valence-corrected chi connectivity index (χ1v) is 6.18. The van der Waals surface area contributed by atoms with Crippen LogP contribution in [0.4, 0.5) is 0 Å². The quantitative estimate of drug-likeness (QED) is 0.729. The highest BCUT2D eigenvalue weighted by molar-refractivity contribution is 6.28. The van der Waals surface area contributed by atoms with Crippen LogP contribution in [-0.4, -0.2) is 19.7 Å². The maximum Gasteiger partial charge on any atom is 0.223 e. The number of halogens is 1. The second kappa shape index (κ2) is 4.11. The summed E-state index contributed by atoms with van der Waals surface area (Å²) in [6.07, 6.45) is 8.69. The van der Waals surface area contributed by atoms with Crippen LogP contribution in [0.1, 0.15) is 31.4 Å². The fraction of sp³-hybridized carbons (Fsp3) is 0.417. The van der Waals surface area contributed by atoms with Gasteiger partial charge in [-0.05, 0) is 42.9 Å². The highest BCUT2D eigenvalue weighted by Gasteiger charge is 2.16. The molecular formula is C12H13ClN4. The number of rotatable bonds is 1.